The highest BCUT2D eigenvalue weighted by Gasteiger charge is 2.31. The molecular formula is C13H21N5O2. The van der Waals surface area contributed by atoms with Gasteiger partial charge in [0.2, 0.25) is 11.8 Å². The number of ether oxygens (including phenoxy) is 1. The Morgan fingerprint density at radius 3 is 2.90 bits per heavy atom. The molecule has 1 amide bonds. The lowest BCUT2D eigenvalue weighted by atomic mass is 10.1. The number of carbonyl (C=O) groups is 1. The van der Waals surface area contributed by atoms with Crippen molar-refractivity contribution >= 4 is 11.7 Å². The van der Waals surface area contributed by atoms with Gasteiger partial charge in [-0.3, -0.25) is 4.79 Å². The number of methoxy groups -OCH3 is 1. The summed E-state index contributed by atoms with van der Waals surface area (Å²) in [5, 5.41) is 3.25. The fourth-order valence-corrected chi connectivity index (χ4v) is 2.27. The van der Waals surface area contributed by atoms with Crippen LogP contribution in [0.1, 0.15) is 5.82 Å². The van der Waals surface area contributed by atoms with Crippen molar-refractivity contribution in [1.29, 1.82) is 0 Å². The highest BCUT2D eigenvalue weighted by atomic mass is 16.5. The monoisotopic (exact) mass is 279 g/mol. The van der Waals surface area contributed by atoms with Crippen molar-refractivity contribution in [1.82, 2.24) is 20.2 Å². The Labute approximate surface area is 118 Å². The smallest absolute Gasteiger partial charge is 0.246 e. The second kappa shape index (κ2) is 6.04. The van der Waals surface area contributed by atoms with Gasteiger partial charge in [0.05, 0.1) is 7.11 Å². The molecule has 0 radical (unpaired) electrons. The van der Waals surface area contributed by atoms with E-state index in [1.807, 2.05) is 11.8 Å². The van der Waals surface area contributed by atoms with Gasteiger partial charge < -0.3 is 19.9 Å². The average Bonchev–Trinajstić information content (AvgIpc) is 2.45. The molecule has 1 saturated heterocycles. The van der Waals surface area contributed by atoms with E-state index in [1.54, 1.807) is 32.2 Å². The summed E-state index contributed by atoms with van der Waals surface area (Å²) in [5.41, 5.74) is 0. The molecule has 0 aromatic carbocycles. The number of aromatic nitrogens is 2. The Kier molecular flexibility index (Phi) is 4.39. The molecule has 7 nitrogen and oxygen atoms in total. The van der Waals surface area contributed by atoms with Crippen LogP contribution in [0.2, 0.25) is 0 Å². The minimum atomic E-state index is -0.252. The van der Waals surface area contributed by atoms with Crippen LogP contribution < -0.4 is 15.0 Å². The first-order valence-corrected chi connectivity index (χ1v) is 6.61. The second-order valence-corrected chi connectivity index (χ2v) is 4.96. The molecule has 7 heteroatoms. The van der Waals surface area contributed by atoms with E-state index in [9.17, 15) is 4.79 Å². The lowest BCUT2D eigenvalue weighted by Crippen LogP contribution is -2.58. The number of aryl methyl sites for hydroxylation is 1. The number of carbonyl (C=O) groups excluding carboxylic acids is 1. The van der Waals surface area contributed by atoms with Crippen LogP contribution >= 0.6 is 0 Å². The van der Waals surface area contributed by atoms with Gasteiger partial charge in [0, 0.05) is 39.8 Å². The first-order chi connectivity index (χ1) is 9.52. The van der Waals surface area contributed by atoms with E-state index < -0.39 is 0 Å². The summed E-state index contributed by atoms with van der Waals surface area (Å²) in [4.78, 5) is 24.5. The molecule has 20 heavy (non-hydrogen) atoms. The lowest BCUT2D eigenvalue weighted by molar-refractivity contribution is -0.130. The van der Waals surface area contributed by atoms with Crippen molar-refractivity contribution < 1.29 is 9.53 Å². The maximum absolute atomic E-state index is 12.3. The first-order valence-electron chi connectivity index (χ1n) is 6.61. The number of rotatable bonds is 3. The molecule has 2 heterocycles. The van der Waals surface area contributed by atoms with E-state index in [0.29, 0.717) is 18.2 Å². The first kappa shape index (κ1) is 14.5. The predicted molar refractivity (Wildman–Crippen MR) is 76.0 cm³/mol. The predicted octanol–water partition coefficient (Wildman–Crippen LogP) is -0.340. The number of anilines is 1. The largest absolute Gasteiger partial charge is 0.481 e. The Hall–Kier alpha value is -1.89. The molecule has 1 atom stereocenters. The van der Waals surface area contributed by atoms with Gasteiger partial charge >= 0.3 is 0 Å². The molecule has 0 spiro atoms. The minimum absolute atomic E-state index is 0.0624. The van der Waals surface area contributed by atoms with Crippen LogP contribution in [0.25, 0.3) is 0 Å². The number of nitrogens with zero attached hydrogens (tertiary/aromatic N) is 4. The number of nitrogens with one attached hydrogen (secondary N) is 1. The summed E-state index contributed by atoms with van der Waals surface area (Å²) >= 11 is 0. The van der Waals surface area contributed by atoms with Crippen molar-refractivity contribution in [3.05, 3.63) is 11.9 Å². The van der Waals surface area contributed by atoms with Crippen molar-refractivity contribution in [2.24, 2.45) is 0 Å². The molecule has 1 aromatic rings. The summed E-state index contributed by atoms with van der Waals surface area (Å²) in [6.07, 6.45) is 0. The van der Waals surface area contributed by atoms with Crippen molar-refractivity contribution in [2.45, 2.75) is 13.0 Å². The van der Waals surface area contributed by atoms with E-state index >= 15 is 0 Å². The summed E-state index contributed by atoms with van der Waals surface area (Å²) in [6.45, 7) is 3.98. The topological polar surface area (TPSA) is 70.6 Å². The maximum Gasteiger partial charge on any atom is 0.246 e. The van der Waals surface area contributed by atoms with Crippen LogP contribution in [0, 0.1) is 6.92 Å². The molecule has 2 rings (SSSR count). The van der Waals surface area contributed by atoms with E-state index in [4.69, 9.17) is 4.74 Å². The molecule has 1 aromatic heterocycles. The van der Waals surface area contributed by atoms with Crippen LogP contribution in [-0.4, -0.2) is 67.7 Å². The molecule has 0 saturated carbocycles. The summed E-state index contributed by atoms with van der Waals surface area (Å²) in [7, 11) is 5.10. The van der Waals surface area contributed by atoms with Gasteiger partial charge in [0.15, 0.2) is 0 Å². The number of piperazine rings is 1. The average molecular weight is 279 g/mol. The minimum Gasteiger partial charge on any atom is -0.481 e. The zero-order valence-electron chi connectivity index (χ0n) is 12.4. The number of hydrogen-bond acceptors (Lipinski definition) is 6. The van der Waals surface area contributed by atoms with Crippen LogP contribution in [-0.2, 0) is 4.79 Å². The Morgan fingerprint density at radius 2 is 2.25 bits per heavy atom. The molecule has 1 N–H and O–H groups in total. The van der Waals surface area contributed by atoms with Gasteiger partial charge in [-0.1, -0.05) is 0 Å². The Bertz CT molecular complexity index is 492. The standard InChI is InChI=1S/C13H21N5O2/c1-9-15-11(7-12(16-9)20-4)18-6-5-14-8-10(18)13(19)17(2)3/h7,10,14H,5-6,8H2,1-4H3. The highest BCUT2D eigenvalue weighted by Crippen LogP contribution is 2.21. The second-order valence-electron chi connectivity index (χ2n) is 4.96. The lowest BCUT2D eigenvalue weighted by Gasteiger charge is -2.37. The van der Waals surface area contributed by atoms with Gasteiger partial charge in [-0.2, -0.15) is 4.98 Å². The van der Waals surface area contributed by atoms with Gasteiger partial charge in [-0.05, 0) is 6.92 Å². The van der Waals surface area contributed by atoms with Gasteiger partial charge in [0.1, 0.15) is 17.7 Å². The van der Waals surface area contributed by atoms with Gasteiger partial charge in [0.25, 0.3) is 0 Å². The van der Waals surface area contributed by atoms with Crippen LogP contribution in [0.5, 0.6) is 5.88 Å². The molecule has 0 bridgehead atoms. The maximum atomic E-state index is 12.3. The fourth-order valence-electron chi connectivity index (χ4n) is 2.27. The zero-order chi connectivity index (χ0) is 14.7. The van der Waals surface area contributed by atoms with Crippen molar-refractivity contribution in [2.75, 3.05) is 45.7 Å². The zero-order valence-corrected chi connectivity index (χ0v) is 12.4. The highest BCUT2D eigenvalue weighted by molar-refractivity contribution is 5.85. The third-order valence-corrected chi connectivity index (χ3v) is 3.27. The van der Waals surface area contributed by atoms with E-state index in [2.05, 4.69) is 15.3 Å². The van der Waals surface area contributed by atoms with E-state index in [-0.39, 0.29) is 11.9 Å². The Balaban J connectivity index is 2.32. The van der Waals surface area contributed by atoms with Crippen molar-refractivity contribution in [3.8, 4) is 5.88 Å². The molecule has 1 aliphatic rings. The molecule has 1 fully saturated rings. The summed E-state index contributed by atoms with van der Waals surface area (Å²) in [5.74, 6) is 1.94. The number of amides is 1. The molecule has 0 aliphatic carbocycles. The van der Waals surface area contributed by atoms with Crippen LogP contribution in [0.3, 0.4) is 0 Å². The third kappa shape index (κ3) is 2.98. The number of likely N-dealkylation sites (N-methyl/N-ethyl adjacent to an activating group) is 1. The fraction of sp³-hybridized carbons (Fsp3) is 0.615. The molecule has 1 unspecified atom stereocenters. The van der Waals surface area contributed by atoms with Gasteiger partial charge in [-0.25, -0.2) is 4.98 Å². The molecular weight excluding hydrogens is 258 g/mol. The van der Waals surface area contributed by atoms with E-state index in [1.165, 1.54) is 0 Å². The van der Waals surface area contributed by atoms with Crippen molar-refractivity contribution in [3.63, 3.8) is 0 Å². The van der Waals surface area contributed by atoms with Crippen LogP contribution in [0.4, 0.5) is 5.82 Å². The number of hydrogen-bond donors (Lipinski definition) is 1. The SMILES string of the molecule is COc1cc(N2CCNCC2C(=O)N(C)C)nc(C)n1. The summed E-state index contributed by atoms with van der Waals surface area (Å²) < 4.78 is 5.18. The summed E-state index contributed by atoms with van der Waals surface area (Å²) in [6, 6.07) is 1.52. The quantitative estimate of drug-likeness (QED) is 0.816. The van der Waals surface area contributed by atoms with E-state index in [0.717, 1.165) is 18.9 Å². The molecule has 110 valence electrons. The van der Waals surface area contributed by atoms with Gasteiger partial charge in [-0.15, -0.1) is 0 Å². The Morgan fingerprint density at radius 1 is 1.50 bits per heavy atom. The van der Waals surface area contributed by atoms with Crippen LogP contribution in [0.15, 0.2) is 6.07 Å². The third-order valence-electron chi connectivity index (χ3n) is 3.27. The normalized spacial score (nSPS) is 18.8. The molecule has 1 aliphatic heterocycles.